The summed E-state index contributed by atoms with van der Waals surface area (Å²) in [6.07, 6.45) is 4.67. The molecule has 1 saturated heterocycles. The predicted molar refractivity (Wildman–Crippen MR) is 106 cm³/mol. The molecule has 0 N–H and O–H groups in total. The van der Waals surface area contributed by atoms with Gasteiger partial charge in [0.05, 0.1) is 13.0 Å². The summed E-state index contributed by atoms with van der Waals surface area (Å²) in [6.45, 7) is 4.49. The van der Waals surface area contributed by atoms with Crippen molar-refractivity contribution < 1.29 is 14.1 Å². The molecule has 1 aliphatic heterocycles. The topological polar surface area (TPSA) is 29.3 Å². The smallest absolute Gasteiger partial charge is 0.316 e. The second kappa shape index (κ2) is 9.04. The molecule has 1 fully saturated rings. The third-order valence-corrected chi connectivity index (χ3v) is 5.66. The van der Waals surface area contributed by atoms with Gasteiger partial charge >= 0.3 is 5.97 Å². The van der Waals surface area contributed by atoms with Gasteiger partial charge in [-0.1, -0.05) is 54.2 Å². The highest BCUT2D eigenvalue weighted by molar-refractivity contribution is 8.14. The highest BCUT2D eigenvalue weighted by Gasteiger charge is 2.20. The van der Waals surface area contributed by atoms with Crippen molar-refractivity contribution >= 4 is 33.5 Å². The number of carbonyl (C=O) groups excluding carboxylic acids is 1. The van der Waals surface area contributed by atoms with E-state index in [0.29, 0.717) is 12.4 Å². The van der Waals surface area contributed by atoms with Crippen LogP contribution in [0.3, 0.4) is 0 Å². The van der Waals surface area contributed by atoms with Gasteiger partial charge < -0.3 is 4.74 Å². The number of fused-ring (bicyclic) bond motifs is 1. The molecule has 3 rings (SSSR count). The average Bonchev–Trinajstić information content (AvgIpc) is 2.66. The van der Waals surface area contributed by atoms with Crippen LogP contribution in [-0.4, -0.2) is 41.0 Å². The Bertz CT molecular complexity index is 761. The van der Waals surface area contributed by atoms with Crippen LogP contribution in [0.25, 0.3) is 10.8 Å². The summed E-state index contributed by atoms with van der Waals surface area (Å²) in [6, 6.07) is 15.1. The summed E-state index contributed by atoms with van der Waals surface area (Å²) in [5.41, 5.74) is 1.30. The monoisotopic (exact) mass is 356 g/mol. The number of carbonyl (C=O) groups is 1. The molecule has 0 radical (unpaired) electrons. The van der Waals surface area contributed by atoms with E-state index in [1.165, 1.54) is 40.6 Å². The maximum absolute atomic E-state index is 11.8. The minimum Gasteiger partial charge on any atom is -0.465 e. The normalized spacial score (nSPS) is 14.5. The Hall–Kier alpha value is -1.81. The van der Waals surface area contributed by atoms with Gasteiger partial charge in [0.25, 0.3) is 0 Å². The zero-order chi connectivity index (χ0) is 17.5. The zero-order valence-corrected chi connectivity index (χ0v) is 15.7. The van der Waals surface area contributed by atoms with Crippen molar-refractivity contribution in [2.24, 2.45) is 0 Å². The van der Waals surface area contributed by atoms with Gasteiger partial charge in [0.1, 0.15) is 18.8 Å². The van der Waals surface area contributed by atoms with E-state index in [1.807, 2.05) is 6.92 Å². The van der Waals surface area contributed by atoms with Crippen LogP contribution in [0.1, 0.15) is 31.7 Å². The number of esters is 1. The molecule has 0 aromatic heterocycles. The first kappa shape index (κ1) is 18.0. The molecular weight excluding hydrogens is 330 g/mol. The molecule has 0 bridgehead atoms. The van der Waals surface area contributed by atoms with Gasteiger partial charge in [0, 0.05) is 12.8 Å². The van der Waals surface area contributed by atoms with Gasteiger partial charge in [0.15, 0.2) is 0 Å². The molecule has 0 saturated carbocycles. The lowest BCUT2D eigenvalue weighted by molar-refractivity contribution is -0.535. The third kappa shape index (κ3) is 5.08. The number of ether oxygens (including phenoxy) is 1. The van der Waals surface area contributed by atoms with Crippen molar-refractivity contribution in [1.29, 1.82) is 0 Å². The average molecular weight is 357 g/mol. The fourth-order valence-corrected chi connectivity index (χ4v) is 4.27. The summed E-state index contributed by atoms with van der Waals surface area (Å²) in [7, 11) is 0. The van der Waals surface area contributed by atoms with Crippen molar-refractivity contribution in [2.75, 3.05) is 25.4 Å². The Labute approximate surface area is 154 Å². The number of hydrogen-bond acceptors (Lipinski definition) is 3. The first-order valence-corrected chi connectivity index (χ1v) is 10.1. The molecule has 0 unspecified atom stereocenters. The number of thioether (sulfide) groups is 1. The fraction of sp³-hybridized carbons (Fsp3) is 0.429. The summed E-state index contributed by atoms with van der Waals surface area (Å²) in [5.74, 6) is 0.272. The van der Waals surface area contributed by atoms with Crippen molar-refractivity contribution in [3.8, 4) is 0 Å². The van der Waals surface area contributed by atoms with E-state index in [0.717, 1.165) is 19.5 Å². The van der Waals surface area contributed by atoms with Gasteiger partial charge in [-0.25, -0.2) is 4.58 Å². The summed E-state index contributed by atoms with van der Waals surface area (Å²) < 4.78 is 7.56. The molecule has 25 heavy (non-hydrogen) atoms. The SMILES string of the molecule is CCOC(=O)CSC(Cc1ccc2ccccc2c1)=[N+]1CCCCC1. The third-order valence-electron chi connectivity index (χ3n) is 4.54. The second-order valence-corrected chi connectivity index (χ2v) is 7.44. The van der Waals surface area contributed by atoms with E-state index in [1.54, 1.807) is 11.8 Å². The van der Waals surface area contributed by atoms with Crippen molar-refractivity contribution in [2.45, 2.75) is 32.6 Å². The molecule has 3 nitrogen and oxygen atoms in total. The van der Waals surface area contributed by atoms with Gasteiger partial charge in [-0.05, 0) is 29.7 Å². The number of benzene rings is 2. The van der Waals surface area contributed by atoms with Crippen LogP contribution in [0.5, 0.6) is 0 Å². The van der Waals surface area contributed by atoms with Crippen LogP contribution in [0.15, 0.2) is 42.5 Å². The second-order valence-electron chi connectivity index (χ2n) is 6.39. The first-order valence-electron chi connectivity index (χ1n) is 9.13. The van der Waals surface area contributed by atoms with Crippen molar-refractivity contribution in [3.63, 3.8) is 0 Å². The Kier molecular flexibility index (Phi) is 6.51. The van der Waals surface area contributed by atoms with E-state index in [9.17, 15) is 4.79 Å². The van der Waals surface area contributed by atoms with Gasteiger partial charge in [-0.2, -0.15) is 0 Å². The largest absolute Gasteiger partial charge is 0.465 e. The Morgan fingerprint density at radius 3 is 2.60 bits per heavy atom. The van der Waals surface area contributed by atoms with E-state index >= 15 is 0 Å². The Morgan fingerprint density at radius 1 is 1.08 bits per heavy atom. The van der Waals surface area contributed by atoms with E-state index in [4.69, 9.17) is 4.74 Å². The molecule has 2 aromatic rings. The van der Waals surface area contributed by atoms with Crippen LogP contribution in [0.2, 0.25) is 0 Å². The maximum atomic E-state index is 11.8. The van der Waals surface area contributed by atoms with Gasteiger partial charge in [-0.3, -0.25) is 4.79 Å². The molecule has 1 heterocycles. The molecular formula is C21H26NO2S+. The molecule has 2 aromatic carbocycles. The number of rotatable bonds is 5. The Balaban J connectivity index is 1.79. The molecule has 0 atom stereocenters. The number of piperidine rings is 1. The maximum Gasteiger partial charge on any atom is 0.316 e. The number of nitrogens with zero attached hydrogens (tertiary/aromatic N) is 1. The minimum absolute atomic E-state index is 0.125. The highest BCUT2D eigenvalue weighted by atomic mass is 32.2. The zero-order valence-electron chi connectivity index (χ0n) is 14.9. The number of hydrogen-bond donors (Lipinski definition) is 0. The molecule has 132 valence electrons. The van der Waals surface area contributed by atoms with E-state index in [2.05, 4.69) is 47.0 Å². The lowest BCUT2D eigenvalue weighted by atomic mass is 10.1. The van der Waals surface area contributed by atoms with Crippen LogP contribution >= 0.6 is 11.8 Å². The van der Waals surface area contributed by atoms with E-state index < -0.39 is 0 Å². The predicted octanol–water partition coefficient (Wildman–Crippen LogP) is 4.27. The Morgan fingerprint density at radius 2 is 1.84 bits per heavy atom. The van der Waals surface area contributed by atoms with Crippen molar-refractivity contribution in [3.05, 3.63) is 48.0 Å². The van der Waals surface area contributed by atoms with Gasteiger partial charge in [-0.15, -0.1) is 0 Å². The first-order chi connectivity index (χ1) is 12.3. The van der Waals surface area contributed by atoms with Gasteiger partial charge in [0.2, 0.25) is 5.04 Å². The van der Waals surface area contributed by atoms with Crippen molar-refractivity contribution in [1.82, 2.24) is 0 Å². The molecule has 4 heteroatoms. The molecule has 0 spiro atoms. The lowest BCUT2D eigenvalue weighted by Crippen LogP contribution is -2.27. The van der Waals surface area contributed by atoms with E-state index in [-0.39, 0.29) is 5.97 Å². The fourth-order valence-electron chi connectivity index (χ4n) is 3.27. The van der Waals surface area contributed by atoms with Crippen LogP contribution in [0, 0.1) is 0 Å². The minimum atomic E-state index is -0.125. The lowest BCUT2D eigenvalue weighted by Gasteiger charge is -2.14. The molecule has 1 aliphatic rings. The van der Waals surface area contributed by atoms with Crippen LogP contribution < -0.4 is 0 Å². The summed E-state index contributed by atoms with van der Waals surface area (Å²) >= 11 is 1.64. The highest BCUT2D eigenvalue weighted by Crippen LogP contribution is 2.19. The molecule has 0 amide bonds. The quantitative estimate of drug-likeness (QED) is 0.455. The summed E-state index contributed by atoms with van der Waals surface area (Å²) in [4.78, 5) is 11.8. The molecule has 0 aliphatic carbocycles. The standard InChI is InChI=1S/C21H26NO2S/c1-2-24-21(23)16-25-20(22-12-6-3-7-13-22)15-17-10-11-18-8-4-5-9-19(18)14-17/h4-5,8-11,14H,2-3,6-7,12-13,15-16H2,1H3/q+1. The van der Waals surface area contributed by atoms with Crippen LogP contribution in [0.4, 0.5) is 0 Å². The van der Waals surface area contributed by atoms with Crippen LogP contribution in [-0.2, 0) is 16.0 Å². The summed E-state index contributed by atoms with van der Waals surface area (Å²) in [5, 5.41) is 3.83.